The van der Waals surface area contributed by atoms with Crippen LogP contribution in [0.1, 0.15) is 48.8 Å². The predicted octanol–water partition coefficient (Wildman–Crippen LogP) is 2.71. The van der Waals surface area contributed by atoms with Crippen LogP contribution in [0.4, 0.5) is 10.2 Å². The van der Waals surface area contributed by atoms with Gasteiger partial charge in [0.2, 0.25) is 11.9 Å². The van der Waals surface area contributed by atoms with Crippen LogP contribution < -0.4 is 10.6 Å². The SMILES string of the molecule is CCn1nccc1C(=O)N[C@@H](C(=O)Nc1ccc(-c2c(C)nnn2C)c(F)n1)C(C1CC1)C1CC1. The van der Waals surface area contributed by atoms with Crippen LogP contribution >= 0.6 is 0 Å². The Balaban J connectivity index is 1.38. The molecule has 0 saturated heterocycles. The zero-order valence-corrected chi connectivity index (χ0v) is 20.0. The van der Waals surface area contributed by atoms with Crippen LogP contribution in [0.5, 0.6) is 0 Å². The third-order valence-electron chi connectivity index (χ3n) is 6.89. The van der Waals surface area contributed by atoms with E-state index in [1.807, 2.05) is 6.92 Å². The molecule has 2 amide bonds. The van der Waals surface area contributed by atoms with Crippen molar-refractivity contribution in [2.45, 2.75) is 52.1 Å². The van der Waals surface area contributed by atoms with Crippen LogP contribution in [-0.2, 0) is 18.4 Å². The fraction of sp³-hybridized carbons (Fsp3) is 0.500. The fourth-order valence-corrected chi connectivity index (χ4v) is 4.93. The molecular formula is C24H29FN8O2. The van der Waals surface area contributed by atoms with E-state index in [1.54, 1.807) is 43.0 Å². The molecule has 184 valence electrons. The minimum Gasteiger partial charge on any atom is -0.339 e. The maximum atomic E-state index is 14.9. The van der Waals surface area contributed by atoms with Crippen molar-refractivity contribution >= 4 is 17.6 Å². The molecule has 0 aromatic carbocycles. The number of aromatic nitrogens is 6. The highest BCUT2D eigenvalue weighted by molar-refractivity contribution is 6.00. The van der Waals surface area contributed by atoms with Gasteiger partial charge < -0.3 is 10.6 Å². The topological polar surface area (TPSA) is 120 Å². The molecule has 35 heavy (non-hydrogen) atoms. The molecule has 3 aromatic heterocycles. The summed E-state index contributed by atoms with van der Waals surface area (Å²) in [5.74, 6) is -0.516. The van der Waals surface area contributed by atoms with Gasteiger partial charge in [-0.2, -0.15) is 9.49 Å². The second-order valence-electron chi connectivity index (χ2n) is 9.41. The van der Waals surface area contributed by atoms with Gasteiger partial charge >= 0.3 is 0 Å². The molecule has 0 bridgehead atoms. The molecule has 2 fully saturated rings. The Kier molecular flexibility index (Phi) is 6.08. The van der Waals surface area contributed by atoms with E-state index in [0.717, 1.165) is 25.7 Å². The lowest BCUT2D eigenvalue weighted by molar-refractivity contribution is -0.119. The van der Waals surface area contributed by atoms with Gasteiger partial charge in [0, 0.05) is 19.8 Å². The Hall–Kier alpha value is -3.63. The van der Waals surface area contributed by atoms with E-state index in [2.05, 4.69) is 31.0 Å². The second-order valence-corrected chi connectivity index (χ2v) is 9.41. The van der Waals surface area contributed by atoms with E-state index in [-0.39, 0.29) is 29.1 Å². The van der Waals surface area contributed by atoms with Crippen molar-refractivity contribution in [2.75, 3.05) is 5.32 Å². The van der Waals surface area contributed by atoms with Crippen LogP contribution in [0.3, 0.4) is 0 Å². The zero-order valence-electron chi connectivity index (χ0n) is 20.0. The van der Waals surface area contributed by atoms with Gasteiger partial charge in [0.15, 0.2) is 0 Å². The quantitative estimate of drug-likeness (QED) is 0.455. The number of carbonyl (C=O) groups is 2. The summed E-state index contributed by atoms with van der Waals surface area (Å²) >= 11 is 0. The molecule has 3 aromatic rings. The maximum Gasteiger partial charge on any atom is 0.270 e. The number of hydrogen-bond acceptors (Lipinski definition) is 6. The van der Waals surface area contributed by atoms with Gasteiger partial charge in [-0.05, 0) is 75.5 Å². The maximum absolute atomic E-state index is 14.9. The number of nitrogens with zero attached hydrogens (tertiary/aromatic N) is 6. The van der Waals surface area contributed by atoms with E-state index < -0.39 is 12.0 Å². The molecule has 0 unspecified atom stereocenters. The van der Waals surface area contributed by atoms with Crippen LogP contribution in [0.25, 0.3) is 11.3 Å². The number of anilines is 1. The highest BCUT2D eigenvalue weighted by Gasteiger charge is 2.48. The summed E-state index contributed by atoms with van der Waals surface area (Å²) < 4.78 is 18.0. The molecular weight excluding hydrogens is 451 g/mol. The van der Waals surface area contributed by atoms with Crippen molar-refractivity contribution in [3.63, 3.8) is 0 Å². The summed E-state index contributed by atoms with van der Waals surface area (Å²) in [5.41, 5.74) is 1.76. The summed E-state index contributed by atoms with van der Waals surface area (Å²) in [6, 6.07) is 4.01. The van der Waals surface area contributed by atoms with Crippen molar-refractivity contribution in [1.29, 1.82) is 0 Å². The van der Waals surface area contributed by atoms with Crippen LogP contribution in [0.15, 0.2) is 24.4 Å². The lowest BCUT2D eigenvalue weighted by Gasteiger charge is -2.27. The molecule has 2 N–H and O–H groups in total. The van der Waals surface area contributed by atoms with Crippen molar-refractivity contribution in [1.82, 2.24) is 35.1 Å². The number of nitrogens with one attached hydrogen (secondary N) is 2. The summed E-state index contributed by atoms with van der Waals surface area (Å²) in [5, 5.41) is 17.7. The number of carbonyl (C=O) groups excluding carboxylic acids is 2. The van der Waals surface area contributed by atoms with Crippen molar-refractivity contribution in [2.24, 2.45) is 24.8 Å². The van der Waals surface area contributed by atoms with Gasteiger partial charge in [-0.3, -0.25) is 14.3 Å². The van der Waals surface area contributed by atoms with Crippen molar-refractivity contribution < 1.29 is 14.0 Å². The first-order valence-corrected chi connectivity index (χ1v) is 12.0. The number of amides is 2. The molecule has 3 heterocycles. The Labute approximate surface area is 202 Å². The molecule has 10 nitrogen and oxygen atoms in total. The Bertz CT molecular complexity index is 1230. The van der Waals surface area contributed by atoms with Gasteiger partial charge in [0.25, 0.3) is 5.91 Å². The highest BCUT2D eigenvalue weighted by atomic mass is 19.1. The first kappa shape index (κ1) is 23.1. The first-order valence-electron chi connectivity index (χ1n) is 12.0. The van der Waals surface area contributed by atoms with Gasteiger partial charge in [0.05, 0.1) is 17.0 Å². The van der Waals surface area contributed by atoms with E-state index in [9.17, 15) is 14.0 Å². The average Bonchev–Trinajstić information content (AvgIpc) is 3.76. The minimum absolute atomic E-state index is 0.0456. The van der Waals surface area contributed by atoms with Crippen LogP contribution in [-0.4, -0.2) is 47.6 Å². The van der Waals surface area contributed by atoms with Gasteiger partial charge in [-0.15, -0.1) is 5.10 Å². The largest absolute Gasteiger partial charge is 0.339 e. The molecule has 0 spiro atoms. The lowest BCUT2D eigenvalue weighted by atomic mass is 9.88. The minimum atomic E-state index is -0.740. The van der Waals surface area contributed by atoms with Crippen molar-refractivity contribution in [3.8, 4) is 11.3 Å². The van der Waals surface area contributed by atoms with E-state index in [1.165, 1.54) is 4.68 Å². The van der Waals surface area contributed by atoms with Crippen LogP contribution in [0, 0.1) is 30.6 Å². The molecule has 0 aliphatic heterocycles. The standard InChI is InChI=1S/C24H29FN8O2/c1-4-33-17(11-12-26-33)23(34)29-20(19(14-5-6-14)15-7-8-15)24(35)28-18-10-9-16(22(25)27-18)21-13(2)30-31-32(21)3/h9-12,14-15,19-20H,4-8H2,1-3H3,(H,29,34)(H,27,28,35)/t20-/m1/s1. The summed E-state index contributed by atoms with van der Waals surface area (Å²) in [6.45, 7) is 4.19. The predicted molar refractivity (Wildman–Crippen MR) is 126 cm³/mol. The van der Waals surface area contributed by atoms with E-state index in [0.29, 0.717) is 35.5 Å². The number of hydrogen-bond donors (Lipinski definition) is 2. The van der Waals surface area contributed by atoms with Crippen LogP contribution in [0.2, 0.25) is 0 Å². The van der Waals surface area contributed by atoms with Gasteiger partial charge in [-0.25, -0.2) is 9.67 Å². The summed E-state index contributed by atoms with van der Waals surface area (Å²) in [4.78, 5) is 30.5. The van der Waals surface area contributed by atoms with E-state index >= 15 is 0 Å². The number of rotatable bonds is 9. The molecule has 2 aliphatic rings. The number of halogens is 1. The molecule has 2 saturated carbocycles. The molecule has 1 atom stereocenters. The molecule has 11 heteroatoms. The third kappa shape index (κ3) is 4.67. The molecule has 2 aliphatic carbocycles. The molecule has 5 rings (SSSR count). The van der Waals surface area contributed by atoms with Gasteiger partial charge in [-0.1, -0.05) is 5.21 Å². The zero-order chi connectivity index (χ0) is 24.7. The van der Waals surface area contributed by atoms with Crippen molar-refractivity contribution in [3.05, 3.63) is 41.7 Å². The first-order chi connectivity index (χ1) is 16.9. The Morgan fingerprint density at radius 1 is 1.17 bits per heavy atom. The normalized spacial score (nSPS) is 16.4. The Morgan fingerprint density at radius 3 is 2.46 bits per heavy atom. The fourth-order valence-electron chi connectivity index (χ4n) is 4.93. The lowest BCUT2D eigenvalue weighted by Crippen LogP contribution is -2.50. The summed E-state index contributed by atoms with van der Waals surface area (Å²) in [6.07, 6.45) is 5.77. The van der Waals surface area contributed by atoms with E-state index in [4.69, 9.17) is 0 Å². The summed E-state index contributed by atoms with van der Waals surface area (Å²) in [7, 11) is 1.68. The van der Waals surface area contributed by atoms with Gasteiger partial charge in [0.1, 0.15) is 17.6 Å². The Morgan fingerprint density at radius 2 is 1.89 bits per heavy atom. The smallest absolute Gasteiger partial charge is 0.270 e. The second kappa shape index (κ2) is 9.20. The third-order valence-corrected chi connectivity index (χ3v) is 6.89. The molecule has 0 radical (unpaired) electrons. The number of pyridine rings is 1. The monoisotopic (exact) mass is 480 g/mol. The highest BCUT2D eigenvalue weighted by Crippen LogP contribution is 2.50. The number of aryl methyl sites for hydroxylation is 3. The average molecular weight is 481 g/mol.